The smallest absolute Gasteiger partial charge is 0.316 e. The van der Waals surface area contributed by atoms with Crippen LogP contribution in [0.2, 0.25) is 0 Å². The predicted molar refractivity (Wildman–Crippen MR) is 73.7 cm³/mol. The van der Waals surface area contributed by atoms with Crippen LogP contribution >= 0.6 is 22.7 Å². The second-order valence-electron chi connectivity index (χ2n) is 4.70. The van der Waals surface area contributed by atoms with Gasteiger partial charge in [0.2, 0.25) is 0 Å². The molecule has 98 valence electrons. The highest BCUT2D eigenvalue weighted by molar-refractivity contribution is 7.21. The molecular formula is C13H5NO4S2. The molecule has 5 nitrogen and oxygen atoms in total. The molecule has 0 bridgehead atoms. The van der Waals surface area contributed by atoms with Crippen LogP contribution in [-0.4, -0.2) is 16.9 Å². The van der Waals surface area contributed by atoms with Crippen molar-refractivity contribution in [2.45, 2.75) is 12.8 Å². The lowest BCUT2D eigenvalue weighted by Crippen LogP contribution is -2.01. The first kappa shape index (κ1) is 10.8. The first-order valence-electron chi connectivity index (χ1n) is 5.98. The third-order valence-electron chi connectivity index (χ3n) is 3.41. The van der Waals surface area contributed by atoms with Crippen molar-refractivity contribution in [2.75, 3.05) is 0 Å². The van der Waals surface area contributed by atoms with E-state index in [9.17, 15) is 9.59 Å². The number of ether oxygens (including phenoxy) is 2. The third-order valence-corrected chi connectivity index (χ3v) is 5.60. The Hall–Kier alpha value is -1.99. The van der Waals surface area contributed by atoms with E-state index in [1.54, 1.807) is 0 Å². The molecule has 0 aliphatic carbocycles. The van der Waals surface area contributed by atoms with Gasteiger partial charge in [-0.25, -0.2) is 4.98 Å². The summed E-state index contributed by atoms with van der Waals surface area (Å²) in [7, 11) is 0. The lowest BCUT2D eigenvalue weighted by atomic mass is 10.2. The lowest BCUT2D eigenvalue weighted by molar-refractivity contribution is -0.132. The molecule has 0 fully saturated rings. The van der Waals surface area contributed by atoms with Crippen molar-refractivity contribution >= 4 is 55.0 Å². The number of esters is 2. The van der Waals surface area contributed by atoms with E-state index in [0.717, 1.165) is 30.2 Å². The number of thiophene rings is 2. The fraction of sp³-hybridized carbons (Fsp3) is 0.154. The number of fused-ring (bicyclic) bond motifs is 6. The Bertz CT molecular complexity index is 874. The van der Waals surface area contributed by atoms with E-state index in [2.05, 4.69) is 4.98 Å². The van der Waals surface area contributed by atoms with Crippen LogP contribution in [0, 0.1) is 0 Å². The van der Waals surface area contributed by atoms with Gasteiger partial charge in [0, 0.05) is 0 Å². The quantitative estimate of drug-likeness (QED) is 0.597. The van der Waals surface area contributed by atoms with Gasteiger partial charge in [0.25, 0.3) is 0 Å². The zero-order valence-corrected chi connectivity index (χ0v) is 11.5. The summed E-state index contributed by atoms with van der Waals surface area (Å²) in [5, 5.41) is 0.870. The van der Waals surface area contributed by atoms with Crippen LogP contribution in [0.5, 0.6) is 11.5 Å². The maximum atomic E-state index is 11.3. The van der Waals surface area contributed by atoms with Crippen LogP contribution in [0.15, 0.2) is 6.07 Å². The Kier molecular flexibility index (Phi) is 1.81. The molecule has 3 aromatic heterocycles. The van der Waals surface area contributed by atoms with Crippen LogP contribution in [0.4, 0.5) is 0 Å². The van der Waals surface area contributed by atoms with Crippen molar-refractivity contribution in [3.63, 3.8) is 0 Å². The summed E-state index contributed by atoms with van der Waals surface area (Å²) >= 11 is 2.97. The zero-order valence-electron chi connectivity index (χ0n) is 9.89. The van der Waals surface area contributed by atoms with E-state index in [0.29, 0.717) is 24.3 Å². The van der Waals surface area contributed by atoms with Crippen molar-refractivity contribution in [2.24, 2.45) is 0 Å². The minimum absolute atomic E-state index is 0.212. The molecule has 5 rings (SSSR count). The molecule has 20 heavy (non-hydrogen) atoms. The summed E-state index contributed by atoms with van der Waals surface area (Å²) in [5.41, 5.74) is 0.731. The molecule has 0 aromatic carbocycles. The van der Waals surface area contributed by atoms with Gasteiger partial charge in [0.15, 0.2) is 11.5 Å². The molecule has 5 heterocycles. The topological polar surface area (TPSA) is 65.5 Å². The monoisotopic (exact) mass is 303 g/mol. The fourth-order valence-corrected chi connectivity index (χ4v) is 4.76. The normalized spacial score (nSPS) is 16.6. The second kappa shape index (κ2) is 3.36. The highest BCUT2D eigenvalue weighted by Crippen LogP contribution is 2.46. The Morgan fingerprint density at radius 2 is 1.70 bits per heavy atom. The third kappa shape index (κ3) is 1.24. The average Bonchev–Trinajstić information content (AvgIpc) is 3.06. The number of carbonyl (C=O) groups is 2. The van der Waals surface area contributed by atoms with Gasteiger partial charge < -0.3 is 9.47 Å². The van der Waals surface area contributed by atoms with E-state index in [-0.39, 0.29) is 11.9 Å². The number of hydrogen-bond acceptors (Lipinski definition) is 7. The maximum Gasteiger partial charge on any atom is 0.316 e. The molecule has 0 saturated carbocycles. The summed E-state index contributed by atoms with van der Waals surface area (Å²) in [4.78, 5) is 29.9. The van der Waals surface area contributed by atoms with Crippen LogP contribution < -0.4 is 9.47 Å². The van der Waals surface area contributed by atoms with Gasteiger partial charge >= 0.3 is 11.9 Å². The lowest BCUT2D eigenvalue weighted by Gasteiger charge is -1.97. The maximum absolute atomic E-state index is 11.3. The van der Waals surface area contributed by atoms with Crippen LogP contribution in [0.3, 0.4) is 0 Å². The molecule has 0 saturated heterocycles. The summed E-state index contributed by atoms with van der Waals surface area (Å²) in [5.74, 6) is 0.811. The number of pyridine rings is 1. The molecule has 2 aliphatic rings. The molecule has 0 atom stereocenters. The summed E-state index contributed by atoms with van der Waals surface area (Å²) in [6, 6.07) is 1.97. The Morgan fingerprint density at radius 1 is 1.00 bits per heavy atom. The van der Waals surface area contributed by atoms with Crippen molar-refractivity contribution < 1.29 is 19.1 Å². The highest BCUT2D eigenvalue weighted by atomic mass is 32.1. The molecular weight excluding hydrogens is 298 g/mol. The number of rotatable bonds is 0. The minimum Gasteiger partial charge on any atom is -0.424 e. The molecule has 3 aromatic rings. The molecule has 7 heteroatoms. The van der Waals surface area contributed by atoms with Gasteiger partial charge in [0.1, 0.15) is 10.3 Å². The predicted octanol–water partition coefficient (Wildman–Crippen LogP) is 2.43. The van der Waals surface area contributed by atoms with E-state index in [4.69, 9.17) is 9.47 Å². The fourth-order valence-electron chi connectivity index (χ4n) is 2.60. The van der Waals surface area contributed by atoms with Gasteiger partial charge in [-0.15, -0.1) is 22.7 Å². The Labute approximate surface area is 119 Å². The molecule has 0 amide bonds. The van der Waals surface area contributed by atoms with Gasteiger partial charge in [-0.2, -0.15) is 0 Å². The van der Waals surface area contributed by atoms with Crippen LogP contribution in [-0.2, 0) is 22.4 Å². The van der Waals surface area contributed by atoms with Crippen molar-refractivity contribution in [3.05, 3.63) is 15.8 Å². The largest absolute Gasteiger partial charge is 0.424 e. The van der Waals surface area contributed by atoms with E-state index in [1.165, 1.54) is 22.7 Å². The Balaban J connectivity index is 1.84. The van der Waals surface area contributed by atoms with Crippen molar-refractivity contribution in [1.29, 1.82) is 0 Å². The zero-order chi connectivity index (χ0) is 13.4. The first-order valence-corrected chi connectivity index (χ1v) is 7.61. The summed E-state index contributed by atoms with van der Waals surface area (Å²) < 4.78 is 11.4. The number of aromatic nitrogens is 1. The number of hydrogen-bond donors (Lipinski definition) is 0. The SMILES string of the molecule is O=C1Cc2sc3nc4c5c(sc4cc3c2O1)CC(=O)O5. The average molecular weight is 303 g/mol. The van der Waals surface area contributed by atoms with Crippen LogP contribution in [0.1, 0.15) is 9.75 Å². The van der Waals surface area contributed by atoms with Crippen molar-refractivity contribution in [1.82, 2.24) is 4.98 Å². The van der Waals surface area contributed by atoms with Gasteiger partial charge in [-0.1, -0.05) is 0 Å². The molecule has 0 unspecified atom stereocenters. The number of carbonyl (C=O) groups excluding carboxylic acids is 2. The highest BCUT2D eigenvalue weighted by Gasteiger charge is 2.30. The molecule has 0 radical (unpaired) electrons. The van der Waals surface area contributed by atoms with Gasteiger partial charge in [-0.05, 0) is 6.07 Å². The standard InChI is InChI=1S/C13H5NO4S2/c15-8-2-6-11(17-8)4-1-5-10(14-13(4)20-6)12-7(19-5)3-9(16)18-12/h1H,2-3H2. The second-order valence-corrected chi connectivity index (χ2v) is 6.92. The van der Waals surface area contributed by atoms with Crippen molar-refractivity contribution in [3.8, 4) is 11.5 Å². The molecule has 0 spiro atoms. The molecule has 2 aliphatic heterocycles. The minimum atomic E-state index is -0.224. The summed E-state index contributed by atoms with van der Waals surface area (Å²) in [6.45, 7) is 0. The summed E-state index contributed by atoms with van der Waals surface area (Å²) in [6.07, 6.45) is 0.633. The van der Waals surface area contributed by atoms with Crippen LogP contribution in [0.25, 0.3) is 20.4 Å². The first-order chi connectivity index (χ1) is 9.69. The number of nitrogens with zero attached hydrogens (tertiary/aromatic N) is 1. The molecule has 0 N–H and O–H groups in total. The van der Waals surface area contributed by atoms with E-state index >= 15 is 0 Å². The van der Waals surface area contributed by atoms with Gasteiger partial charge in [0.05, 0.1) is 32.7 Å². The van der Waals surface area contributed by atoms with Gasteiger partial charge in [-0.3, -0.25) is 9.59 Å². The van der Waals surface area contributed by atoms with E-state index < -0.39 is 0 Å². The van der Waals surface area contributed by atoms with E-state index in [1.807, 2.05) is 6.07 Å². The Morgan fingerprint density at radius 3 is 2.50 bits per heavy atom.